The minimum atomic E-state index is -0.108. The Labute approximate surface area is 97.2 Å². The van der Waals surface area contributed by atoms with Crippen molar-refractivity contribution in [2.24, 2.45) is 11.8 Å². The average molecular weight is 224 g/mol. The molecule has 4 atom stereocenters. The van der Waals surface area contributed by atoms with Crippen LogP contribution in [0.15, 0.2) is 0 Å². The van der Waals surface area contributed by atoms with Gasteiger partial charge in [0.2, 0.25) is 5.91 Å². The van der Waals surface area contributed by atoms with Gasteiger partial charge >= 0.3 is 0 Å². The zero-order valence-corrected chi connectivity index (χ0v) is 10.4. The van der Waals surface area contributed by atoms with E-state index in [1.165, 1.54) is 0 Å². The number of carbonyl (C=O) groups is 1. The third-order valence-electron chi connectivity index (χ3n) is 3.48. The molecule has 0 N–H and O–H groups in total. The molecule has 1 amide bonds. The molecule has 16 heavy (non-hydrogen) atoms. The highest BCUT2D eigenvalue weighted by atomic mass is 16.5. The summed E-state index contributed by atoms with van der Waals surface area (Å²) in [5.41, 5.74) is 0. The van der Waals surface area contributed by atoms with Crippen molar-refractivity contribution in [1.29, 1.82) is 5.26 Å². The molecule has 90 valence electrons. The van der Waals surface area contributed by atoms with Gasteiger partial charge in [-0.1, -0.05) is 6.92 Å². The maximum atomic E-state index is 12.2. The van der Waals surface area contributed by atoms with Crippen LogP contribution < -0.4 is 0 Å². The first-order chi connectivity index (χ1) is 7.52. The van der Waals surface area contributed by atoms with E-state index in [0.29, 0.717) is 6.54 Å². The summed E-state index contributed by atoms with van der Waals surface area (Å²) >= 11 is 0. The van der Waals surface area contributed by atoms with Crippen LogP contribution in [0.4, 0.5) is 0 Å². The van der Waals surface area contributed by atoms with E-state index < -0.39 is 0 Å². The largest absolute Gasteiger partial charge is 0.374 e. The summed E-state index contributed by atoms with van der Waals surface area (Å²) in [6.45, 7) is 8.61. The van der Waals surface area contributed by atoms with Gasteiger partial charge in [-0.15, -0.1) is 0 Å². The summed E-state index contributed by atoms with van der Waals surface area (Å²) in [4.78, 5) is 13.8. The van der Waals surface area contributed by atoms with Gasteiger partial charge in [-0.3, -0.25) is 4.79 Å². The molecule has 0 radical (unpaired) electrons. The monoisotopic (exact) mass is 224 g/mol. The average Bonchev–Trinajstić information content (AvgIpc) is 2.49. The topological polar surface area (TPSA) is 53.3 Å². The van der Waals surface area contributed by atoms with E-state index in [0.717, 1.165) is 0 Å². The summed E-state index contributed by atoms with van der Waals surface area (Å²) in [5, 5.41) is 8.67. The smallest absolute Gasteiger partial charge is 0.229 e. The van der Waals surface area contributed by atoms with Crippen LogP contribution in [0, 0.1) is 23.2 Å². The van der Waals surface area contributed by atoms with E-state index in [1.807, 2.05) is 33.8 Å². The lowest BCUT2D eigenvalue weighted by atomic mass is 9.88. The second kappa shape index (κ2) is 5.31. The molecule has 0 spiro atoms. The zero-order valence-electron chi connectivity index (χ0n) is 10.4. The molecule has 1 saturated heterocycles. The Kier molecular flexibility index (Phi) is 4.31. The molecule has 1 heterocycles. The van der Waals surface area contributed by atoms with Crippen LogP contribution in [-0.4, -0.2) is 36.1 Å². The molecule has 1 aliphatic rings. The lowest BCUT2D eigenvalue weighted by Gasteiger charge is -2.25. The molecule has 1 aliphatic heterocycles. The minimum absolute atomic E-state index is 0.0494. The molecule has 0 aromatic rings. The summed E-state index contributed by atoms with van der Waals surface area (Å²) in [5.74, 6) is 0.159. The first-order valence-corrected chi connectivity index (χ1v) is 5.84. The second-order valence-electron chi connectivity index (χ2n) is 4.44. The van der Waals surface area contributed by atoms with E-state index in [2.05, 4.69) is 0 Å². The Balaban J connectivity index is 2.76. The van der Waals surface area contributed by atoms with E-state index in [9.17, 15) is 4.79 Å². The molecule has 0 aromatic carbocycles. The first-order valence-electron chi connectivity index (χ1n) is 5.84. The predicted octanol–water partition coefficient (Wildman–Crippen LogP) is 1.42. The first kappa shape index (κ1) is 13.0. The van der Waals surface area contributed by atoms with Crippen molar-refractivity contribution in [2.45, 2.75) is 39.9 Å². The van der Waals surface area contributed by atoms with Gasteiger partial charge in [0, 0.05) is 6.54 Å². The summed E-state index contributed by atoms with van der Waals surface area (Å²) in [6.07, 6.45) is 0.0648. The SMILES string of the molecule is CCN(CC#N)C(=O)C1C(C)OC(C)C1C. The Bertz CT molecular complexity index is 298. The van der Waals surface area contributed by atoms with Crippen LogP contribution in [0.2, 0.25) is 0 Å². The number of hydrogen-bond acceptors (Lipinski definition) is 3. The quantitative estimate of drug-likeness (QED) is 0.681. The minimum Gasteiger partial charge on any atom is -0.374 e. The normalized spacial score (nSPS) is 33.4. The van der Waals surface area contributed by atoms with Gasteiger partial charge in [0.05, 0.1) is 24.2 Å². The lowest BCUT2D eigenvalue weighted by Crippen LogP contribution is -2.41. The molecule has 0 aliphatic carbocycles. The van der Waals surface area contributed by atoms with Crippen LogP contribution in [0.25, 0.3) is 0 Å². The van der Waals surface area contributed by atoms with Crippen LogP contribution in [0.1, 0.15) is 27.7 Å². The molecule has 0 saturated carbocycles. The van der Waals surface area contributed by atoms with Crippen molar-refractivity contribution >= 4 is 5.91 Å². The van der Waals surface area contributed by atoms with Crippen LogP contribution in [0.5, 0.6) is 0 Å². The maximum absolute atomic E-state index is 12.2. The maximum Gasteiger partial charge on any atom is 0.229 e. The molecule has 4 unspecified atom stereocenters. The molecule has 0 aromatic heterocycles. The van der Waals surface area contributed by atoms with Crippen molar-refractivity contribution in [1.82, 2.24) is 4.90 Å². The van der Waals surface area contributed by atoms with E-state index in [-0.39, 0.29) is 36.5 Å². The molecule has 1 rings (SSSR count). The third kappa shape index (κ3) is 2.35. The molecule has 4 heteroatoms. The van der Waals surface area contributed by atoms with Gasteiger partial charge in [-0.25, -0.2) is 0 Å². The van der Waals surface area contributed by atoms with Crippen LogP contribution in [0.3, 0.4) is 0 Å². The summed E-state index contributed by atoms with van der Waals surface area (Å²) in [6, 6.07) is 2.03. The van der Waals surface area contributed by atoms with Gasteiger partial charge in [-0.2, -0.15) is 5.26 Å². The van der Waals surface area contributed by atoms with Crippen LogP contribution >= 0.6 is 0 Å². The highest BCUT2D eigenvalue weighted by Crippen LogP contribution is 2.33. The lowest BCUT2D eigenvalue weighted by molar-refractivity contribution is -0.137. The number of nitriles is 1. The predicted molar refractivity (Wildman–Crippen MR) is 60.5 cm³/mol. The molecule has 4 nitrogen and oxygen atoms in total. The van der Waals surface area contributed by atoms with E-state index in [1.54, 1.807) is 4.90 Å². The number of carbonyl (C=O) groups excluding carboxylic acids is 1. The number of hydrogen-bond donors (Lipinski definition) is 0. The fourth-order valence-corrected chi connectivity index (χ4v) is 2.33. The number of nitrogens with zero attached hydrogens (tertiary/aromatic N) is 2. The fraction of sp³-hybridized carbons (Fsp3) is 0.833. The summed E-state index contributed by atoms with van der Waals surface area (Å²) in [7, 11) is 0. The highest BCUT2D eigenvalue weighted by Gasteiger charge is 2.42. The van der Waals surface area contributed by atoms with Crippen molar-refractivity contribution in [3.8, 4) is 6.07 Å². The van der Waals surface area contributed by atoms with Gasteiger partial charge in [0.15, 0.2) is 0 Å². The molecular formula is C12H20N2O2. The van der Waals surface area contributed by atoms with Crippen molar-refractivity contribution < 1.29 is 9.53 Å². The third-order valence-corrected chi connectivity index (χ3v) is 3.48. The Hall–Kier alpha value is -1.08. The van der Waals surface area contributed by atoms with Crippen molar-refractivity contribution in [2.75, 3.05) is 13.1 Å². The molecule has 0 bridgehead atoms. The standard InChI is InChI=1S/C12H20N2O2/c1-5-14(7-6-13)12(15)11-8(2)9(3)16-10(11)4/h8-11H,5,7H2,1-4H3. The molecule has 1 fully saturated rings. The van der Waals surface area contributed by atoms with Gasteiger partial charge in [-0.05, 0) is 26.7 Å². The van der Waals surface area contributed by atoms with Crippen LogP contribution in [-0.2, 0) is 9.53 Å². The Morgan fingerprint density at radius 2 is 2.00 bits per heavy atom. The second-order valence-corrected chi connectivity index (χ2v) is 4.44. The number of amides is 1. The van der Waals surface area contributed by atoms with E-state index in [4.69, 9.17) is 10.00 Å². The van der Waals surface area contributed by atoms with Gasteiger partial charge < -0.3 is 9.64 Å². The molecular weight excluding hydrogens is 204 g/mol. The van der Waals surface area contributed by atoms with Gasteiger partial charge in [0.25, 0.3) is 0 Å². The fourth-order valence-electron chi connectivity index (χ4n) is 2.33. The van der Waals surface area contributed by atoms with E-state index >= 15 is 0 Å². The number of ether oxygens (including phenoxy) is 1. The highest BCUT2D eigenvalue weighted by molar-refractivity contribution is 5.80. The summed E-state index contributed by atoms with van der Waals surface area (Å²) < 4.78 is 5.65. The number of rotatable bonds is 3. The Morgan fingerprint density at radius 1 is 1.38 bits per heavy atom. The Morgan fingerprint density at radius 3 is 2.38 bits per heavy atom. The van der Waals surface area contributed by atoms with Crippen molar-refractivity contribution in [3.63, 3.8) is 0 Å². The van der Waals surface area contributed by atoms with Crippen molar-refractivity contribution in [3.05, 3.63) is 0 Å². The zero-order chi connectivity index (χ0) is 12.3. The van der Waals surface area contributed by atoms with Gasteiger partial charge in [0.1, 0.15) is 6.54 Å².